The first-order valence-corrected chi connectivity index (χ1v) is 10.4. The zero-order valence-electron chi connectivity index (χ0n) is 15.2. The largest absolute Gasteiger partial charge is 0.376 e. The normalized spacial score (nSPS) is 12.7. The Balaban J connectivity index is 1.80. The van der Waals surface area contributed by atoms with Crippen LogP contribution in [-0.2, 0) is 26.8 Å². The highest BCUT2D eigenvalue weighted by molar-refractivity contribution is 7.54. The molecule has 5 heteroatoms. The number of hydrogen-bond donors (Lipinski definition) is 1. The molecule has 0 saturated carbocycles. The number of aryl methyl sites for hydroxylation is 1. The first-order valence-electron chi connectivity index (χ1n) is 8.78. The summed E-state index contributed by atoms with van der Waals surface area (Å²) in [5, 5.41) is 10.8. The molecule has 1 N–H and O–H groups in total. The Kier molecular flexibility index (Phi) is 6.59. The first-order chi connectivity index (χ1) is 13.1. The standard InChI is InChI=1S/C22H23O4P/c1-18-12-14-21(15-13-18)22(23)27(24,25-16-19-8-4-2-5-9-19)26-17-20-10-6-3-7-11-20/h2-15,22-23H,16-17H2,1H3. The van der Waals surface area contributed by atoms with Crippen LogP contribution in [0, 0.1) is 6.92 Å². The molecule has 3 aromatic rings. The van der Waals surface area contributed by atoms with Crippen LogP contribution in [0.25, 0.3) is 0 Å². The number of aliphatic hydroxyl groups is 1. The fraction of sp³-hybridized carbons (Fsp3) is 0.182. The van der Waals surface area contributed by atoms with Crippen molar-refractivity contribution in [1.82, 2.24) is 0 Å². The molecular formula is C22H23O4P. The highest BCUT2D eigenvalue weighted by atomic mass is 31.2. The Morgan fingerprint density at radius 2 is 1.22 bits per heavy atom. The summed E-state index contributed by atoms with van der Waals surface area (Å²) >= 11 is 0. The van der Waals surface area contributed by atoms with Crippen LogP contribution in [0.15, 0.2) is 84.9 Å². The number of hydrogen-bond acceptors (Lipinski definition) is 4. The van der Waals surface area contributed by atoms with Gasteiger partial charge in [0.05, 0.1) is 13.2 Å². The molecule has 1 unspecified atom stereocenters. The lowest BCUT2D eigenvalue weighted by Gasteiger charge is -2.24. The van der Waals surface area contributed by atoms with Crippen LogP contribution in [0.3, 0.4) is 0 Å². The van der Waals surface area contributed by atoms with Crippen LogP contribution in [0.4, 0.5) is 0 Å². The topological polar surface area (TPSA) is 55.8 Å². The van der Waals surface area contributed by atoms with Gasteiger partial charge in [0.1, 0.15) is 0 Å². The van der Waals surface area contributed by atoms with Crippen LogP contribution in [0.5, 0.6) is 0 Å². The quantitative estimate of drug-likeness (QED) is 0.514. The van der Waals surface area contributed by atoms with Crippen molar-refractivity contribution in [2.24, 2.45) is 0 Å². The van der Waals surface area contributed by atoms with Gasteiger partial charge in [0, 0.05) is 0 Å². The van der Waals surface area contributed by atoms with Crippen molar-refractivity contribution in [3.63, 3.8) is 0 Å². The zero-order chi connectivity index (χ0) is 19.1. The van der Waals surface area contributed by atoms with Gasteiger partial charge in [-0.1, -0.05) is 90.5 Å². The van der Waals surface area contributed by atoms with Gasteiger partial charge in [-0.3, -0.25) is 4.57 Å². The van der Waals surface area contributed by atoms with Crippen LogP contribution >= 0.6 is 7.60 Å². The van der Waals surface area contributed by atoms with Gasteiger partial charge in [-0.05, 0) is 23.6 Å². The Morgan fingerprint density at radius 1 is 0.778 bits per heavy atom. The van der Waals surface area contributed by atoms with Gasteiger partial charge >= 0.3 is 7.60 Å². The predicted molar refractivity (Wildman–Crippen MR) is 106 cm³/mol. The van der Waals surface area contributed by atoms with E-state index in [1.54, 1.807) is 12.1 Å². The predicted octanol–water partition coefficient (Wildman–Crippen LogP) is 5.61. The second kappa shape index (κ2) is 9.12. The van der Waals surface area contributed by atoms with Crippen molar-refractivity contribution < 1.29 is 18.7 Å². The molecule has 140 valence electrons. The fourth-order valence-electron chi connectivity index (χ4n) is 2.58. The second-order valence-electron chi connectivity index (χ2n) is 6.34. The van der Waals surface area contributed by atoms with Crippen LogP contribution in [-0.4, -0.2) is 5.11 Å². The molecule has 27 heavy (non-hydrogen) atoms. The first kappa shape index (κ1) is 19.5. The number of benzene rings is 3. The third-order valence-corrected chi connectivity index (χ3v) is 6.06. The SMILES string of the molecule is Cc1ccc(C(O)P(=O)(OCc2ccccc2)OCc2ccccc2)cc1. The summed E-state index contributed by atoms with van der Waals surface area (Å²) in [6.07, 6.45) is 0. The van der Waals surface area contributed by atoms with Gasteiger partial charge in [-0.2, -0.15) is 0 Å². The Bertz CT molecular complexity index is 832. The molecule has 0 heterocycles. The monoisotopic (exact) mass is 382 g/mol. The van der Waals surface area contributed by atoms with Gasteiger partial charge in [0.2, 0.25) is 0 Å². The summed E-state index contributed by atoms with van der Waals surface area (Å²) in [7, 11) is -3.82. The zero-order valence-corrected chi connectivity index (χ0v) is 16.1. The van der Waals surface area contributed by atoms with E-state index in [-0.39, 0.29) is 13.2 Å². The Labute approximate surface area is 159 Å². The minimum Gasteiger partial charge on any atom is -0.376 e. The van der Waals surface area contributed by atoms with Crippen molar-refractivity contribution in [2.75, 3.05) is 0 Å². The molecule has 0 aliphatic rings. The van der Waals surface area contributed by atoms with Crippen LogP contribution in [0.2, 0.25) is 0 Å². The maximum absolute atomic E-state index is 13.5. The molecule has 0 spiro atoms. The van der Waals surface area contributed by atoms with E-state index in [4.69, 9.17) is 9.05 Å². The van der Waals surface area contributed by atoms with Crippen LogP contribution < -0.4 is 0 Å². The third-order valence-electron chi connectivity index (χ3n) is 4.18. The van der Waals surface area contributed by atoms with Gasteiger partial charge in [-0.15, -0.1) is 0 Å². The second-order valence-corrected chi connectivity index (χ2v) is 8.43. The number of rotatable bonds is 8. The highest BCUT2D eigenvalue weighted by Crippen LogP contribution is 2.60. The summed E-state index contributed by atoms with van der Waals surface area (Å²) in [5.74, 6) is -1.36. The van der Waals surface area contributed by atoms with Crippen LogP contribution in [0.1, 0.15) is 28.1 Å². The lowest BCUT2D eigenvalue weighted by atomic mass is 10.2. The molecule has 0 amide bonds. The molecule has 0 radical (unpaired) electrons. The molecule has 0 bridgehead atoms. The Hall–Kier alpha value is -2.23. The summed E-state index contributed by atoms with van der Waals surface area (Å²) in [6, 6.07) is 26.0. The van der Waals surface area contributed by atoms with E-state index < -0.39 is 13.4 Å². The maximum atomic E-state index is 13.5. The van der Waals surface area contributed by atoms with E-state index >= 15 is 0 Å². The highest BCUT2D eigenvalue weighted by Gasteiger charge is 2.36. The smallest absolute Gasteiger partial charge is 0.364 e. The lowest BCUT2D eigenvalue weighted by molar-refractivity contribution is 0.133. The minimum atomic E-state index is -3.82. The Morgan fingerprint density at radius 3 is 1.67 bits per heavy atom. The van der Waals surface area contributed by atoms with Crippen molar-refractivity contribution in [3.05, 3.63) is 107 Å². The van der Waals surface area contributed by atoms with Crippen molar-refractivity contribution in [3.8, 4) is 0 Å². The summed E-state index contributed by atoms with van der Waals surface area (Å²) in [4.78, 5) is 0. The fourth-order valence-corrected chi connectivity index (χ4v) is 4.13. The molecule has 0 aliphatic carbocycles. The van der Waals surface area contributed by atoms with E-state index in [1.807, 2.05) is 79.7 Å². The average Bonchev–Trinajstić information content (AvgIpc) is 2.72. The van der Waals surface area contributed by atoms with Crippen molar-refractivity contribution >= 4 is 7.60 Å². The lowest BCUT2D eigenvalue weighted by Crippen LogP contribution is -2.07. The van der Waals surface area contributed by atoms with Crippen molar-refractivity contribution in [2.45, 2.75) is 26.0 Å². The third kappa shape index (κ3) is 5.38. The number of aliphatic hydroxyl groups excluding tert-OH is 1. The van der Waals surface area contributed by atoms with E-state index in [2.05, 4.69) is 0 Å². The van der Waals surface area contributed by atoms with Gasteiger partial charge in [0.25, 0.3) is 0 Å². The van der Waals surface area contributed by atoms with E-state index in [0.29, 0.717) is 5.56 Å². The molecule has 3 aromatic carbocycles. The molecule has 3 rings (SSSR count). The van der Waals surface area contributed by atoms with E-state index in [0.717, 1.165) is 16.7 Å². The van der Waals surface area contributed by atoms with Gasteiger partial charge < -0.3 is 14.2 Å². The molecule has 1 atom stereocenters. The van der Waals surface area contributed by atoms with Gasteiger partial charge in [-0.25, -0.2) is 0 Å². The maximum Gasteiger partial charge on any atom is 0.364 e. The summed E-state index contributed by atoms with van der Waals surface area (Å²) < 4.78 is 24.8. The molecule has 0 fully saturated rings. The minimum absolute atomic E-state index is 0.0931. The molecule has 0 saturated heterocycles. The molecule has 0 aliphatic heterocycles. The molecule has 0 aromatic heterocycles. The van der Waals surface area contributed by atoms with E-state index in [1.165, 1.54) is 0 Å². The molecular weight excluding hydrogens is 359 g/mol. The van der Waals surface area contributed by atoms with Crippen molar-refractivity contribution in [1.29, 1.82) is 0 Å². The average molecular weight is 382 g/mol. The van der Waals surface area contributed by atoms with Gasteiger partial charge in [0.15, 0.2) is 5.85 Å². The summed E-state index contributed by atoms with van der Waals surface area (Å²) in [5.41, 5.74) is 3.27. The summed E-state index contributed by atoms with van der Waals surface area (Å²) in [6.45, 7) is 2.14. The molecule has 4 nitrogen and oxygen atoms in total. The van der Waals surface area contributed by atoms with E-state index in [9.17, 15) is 9.67 Å².